The van der Waals surface area contributed by atoms with Gasteiger partial charge < -0.3 is 19.1 Å². The van der Waals surface area contributed by atoms with Crippen molar-refractivity contribution < 1.29 is 23.8 Å². The molecule has 1 aromatic carbocycles. The number of carbonyl (C=O) groups excluding carboxylic acids is 2. The highest BCUT2D eigenvalue weighted by molar-refractivity contribution is 5.95. The molecule has 0 atom stereocenters. The SMILES string of the molecule is CCCCCN(CCC(=O)OCC)C(=O)c1ccc2c(c1)OCO2. The maximum atomic E-state index is 12.8. The van der Waals surface area contributed by atoms with E-state index >= 15 is 0 Å². The van der Waals surface area contributed by atoms with Crippen molar-refractivity contribution in [1.82, 2.24) is 4.90 Å². The smallest absolute Gasteiger partial charge is 0.307 e. The van der Waals surface area contributed by atoms with Gasteiger partial charge in [0.2, 0.25) is 6.79 Å². The predicted octanol–water partition coefficient (Wildman–Crippen LogP) is 3.00. The molecule has 1 aliphatic rings. The first-order valence-corrected chi connectivity index (χ1v) is 8.50. The van der Waals surface area contributed by atoms with Crippen molar-refractivity contribution in [3.63, 3.8) is 0 Å². The zero-order valence-electron chi connectivity index (χ0n) is 14.4. The maximum absolute atomic E-state index is 12.8. The van der Waals surface area contributed by atoms with E-state index in [1.807, 2.05) is 0 Å². The fourth-order valence-corrected chi connectivity index (χ4v) is 2.54. The van der Waals surface area contributed by atoms with Crippen molar-refractivity contribution in [2.75, 3.05) is 26.5 Å². The summed E-state index contributed by atoms with van der Waals surface area (Å²) in [4.78, 5) is 26.1. The maximum Gasteiger partial charge on any atom is 0.307 e. The number of carbonyl (C=O) groups is 2. The number of fused-ring (bicyclic) bond motifs is 1. The summed E-state index contributed by atoms with van der Waals surface area (Å²) in [7, 11) is 0. The molecule has 0 aromatic heterocycles. The zero-order valence-corrected chi connectivity index (χ0v) is 14.4. The van der Waals surface area contributed by atoms with E-state index in [9.17, 15) is 9.59 Å². The molecule has 1 amide bonds. The molecule has 0 bridgehead atoms. The Morgan fingerprint density at radius 1 is 1.12 bits per heavy atom. The van der Waals surface area contributed by atoms with Crippen LogP contribution in [0.3, 0.4) is 0 Å². The van der Waals surface area contributed by atoms with Crippen LogP contribution >= 0.6 is 0 Å². The molecule has 6 heteroatoms. The van der Waals surface area contributed by atoms with Crippen LogP contribution < -0.4 is 9.47 Å². The Morgan fingerprint density at radius 3 is 2.67 bits per heavy atom. The topological polar surface area (TPSA) is 65.1 Å². The molecule has 1 aliphatic heterocycles. The second-order valence-corrected chi connectivity index (χ2v) is 5.62. The summed E-state index contributed by atoms with van der Waals surface area (Å²) < 4.78 is 15.6. The first-order valence-electron chi connectivity index (χ1n) is 8.50. The highest BCUT2D eigenvalue weighted by Crippen LogP contribution is 2.32. The van der Waals surface area contributed by atoms with E-state index in [1.54, 1.807) is 30.0 Å². The Labute approximate surface area is 142 Å². The first kappa shape index (κ1) is 18.1. The molecular formula is C18H25NO5. The molecule has 6 nitrogen and oxygen atoms in total. The van der Waals surface area contributed by atoms with Crippen LogP contribution in [0.25, 0.3) is 0 Å². The van der Waals surface area contributed by atoms with Crippen molar-refractivity contribution in [3.8, 4) is 11.5 Å². The van der Waals surface area contributed by atoms with Crippen molar-refractivity contribution in [2.24, 2.45) is 0 Å². The quantitative estimate of drug-likeness (QED) is 0.513. The lowest BCUT2D eigenvalue weighted by Gasteiger charge is -2.22. The Morgan fingerprint density at radius 2 is 1.92 bits per heavy atom. The van der Waals surface area contributed by atoms with Gasteiger partial charge in [0.1, 0.15) is 0 Å². The van der Waals surface area contributed by atoms with Crippen LogP contribution in [0.2, 0.25) is 0 Å². The summed E-state index contributed by atoms with van der Waals surface area (Å²) in [6.07, 6.45) is 3.24. The monoisotopic (exact) mass is 335 g/mol. The Kier molecular flexibility index (Phi) is 6.90. The van der Waals surface area contributed by atoms with Gasteiger partial charge in [-0.2, -0.15) is 0 Å². The lowest BCUT2D eigenvalue weighted by molar-refractivity contribution is -0.143. The molecule has 1 aromatic rings. The van der Waals surface area contributed by atoms with Gasteiger partial charge in [0, 0.05) is 18.7 Å². The fourth-order valence-electron chi connectivity index (χ4n) is 2.54. The summed E-state index contributed by atoms with van der Waals surface area (Å²) in [5.74, 6) is 0.848. The lowest BCUT2D eigenvalue weighted by Crippen LogP contribution is -2.34. The third-order valence-corrected chi connectivity index (χ3v) is 3.83. The molecule has 0 aliphatic carbocycles. The van der Waals surface area contributed by atoms with E-state index in [-0.39, 0.29) is 25.1 Å². The van der Waals surface area contributed by atoms with Crippen LogP contribution in [0, 0.1) is 0 Å². The number of hydrogen-bond donors (Lipinski definition) is 0. The molecule has 0 saturated carbocycles. The van der Waals surface area contributed by atoms with Gasteiger partial charge in [0.15, 0.2) is 11.5 Å². The van der Waals surface area contributed by atoms with Gasteiger partial charge in [-0.3, -0.25) is 9.59 Å². The Bertz CT molecular complexity index is 573. The van der Waals surface area contributed by atoms with Crippen LogP contribution in [-0.2, 0) is 9.53 Å². The average Bonchev–Trinajstić information content (AvgIpc) is 3.05. The second-order valence-electron chi connectivity index (χ2n) is 5.62. The number of amides is 1. The lowest BCUT2D eigenvalue weighted by atomic mass is 10.1. The highest BCUT2D eigenvalue weighted by Gasteiger charge is 2.21. The number of unbranched alkanes of at least 4 members (excludes halogenated alkanes) is 2. The third-order valence-electron chi connectivity index (χ3n) is 3.83. The van der Waals surface area contributed by atoms with Gasteiger partial charge in [0.05, 0.1) is 13.0 Å². The molecule has 0 N–H and O–H groups in total. The Hall–Kier alpha value is -2.24. The molecule has 0 saturated heterocycles. The first-order chi connectivity index (χ1) is 11.7. The zero-order chi connectivity index (χ0) is 17.4. The van der Waals surface area contributed by atoms with Crippen LogP contribution in [-0.4, -0.2) is 43.3 Å². The number of rotatable bonds is 9. The molecule has 1 heterocycles. The van der Waals surface area contributed by atoms with Crippen molar-refractivity contribution >= 4 is 11.9 Å². The normalized spacial score (nSPS) is 12.1. The average molecular weight is 335 g/mol. The van der Waals surface area contributed by atoms with Crippen LogP contribution in [0.4, 0.5) is 0 Å². The summed E-state index contributed by atoms with van der Waals surface area (Å²) in [5.41, 5.74) is 0.541. The van der Waals surface area contributed by atoms with E-state index in [4.69, 9.17) is 14.2 Å². The summed E-state index contributed by atoms with van der Waals surface area (Å²) in [6.45, 7) is 5.40. The number of esters is 1. The largest absolute Gasteiger partial charge is 0.466 e. The Balaban J connectivity index is 2.03. The molecule has 0 spiro atoms. The molecule has 132 valence electrons. The van der Waals surface area contributed by atoms with E-state index in [0.29, 0.717) is 36.8 Å². The van der Waals surface area contributed by atoms with Crippen LogP contribution in [0.5, 0.6) is 11.5 Å². The second kappa shape index (κ2) is 9.15. The van der Waals surface area contributed by atoms with Crippen LogP contribution in [0.15, 0.2) is 18.2 Å². The van der Waals surface area contributed by atoms with Gasteiger partial charge >= 0.3 is 5.97 Å². The van der Waals surface area contributed by atoms with Gasteiger partial charge in [-0.15, -0.1) is 0 Å². The molecule has 0 radical (unpaired) electrons. The number of ether oxygens (including phenoxy) is 3. The van der Waals surface area contributed by atoms with Crippen molar-refractivity contribution in [1.29, 1.82) is 0 Å². The molecule has 0 fully saturated rings. The standard InChI is InChI=1S/C18H25NO5/c1-3-5-6-10-19(11-9-17(20)22-4-2)18(21)14-7-8-15-16(12-14)24-13-23-15/h7-8,12H,3-6,9-11,13H2,1-2H3. The van der Waals surface area contributed by atoms with Crippen molar-refractivity contribution in [2.45, 2.75) is 39.5 Å². The van der Waals surface area contributed by atoms with E-state index in [0.717, 1.165) is 19.3 Å². The van der Waals surface area contributed by atoms with E-state index in [2.05, 4.69) is 6.92 Å². The third kappa shape index (κ3) is 4.88. The minimum Gasteiger partial charge on any atom is -0.466 e. The molecule has 0 unspecified atom stereocenters. The fraction of sp³-hybridized carbons (Fsp3) is 0.556. The number of benzene rings is 1. The molecule has 24 heavy (non-hydrogen) atoms. The van der Waals surface area contributed by atoms with Crippen molar-refractivity contribution in [3.05, 3.63) is 23.8 Å². The summed E-state index contributed by atoms with van der Waals surface area (Å²) >= 11 is 0. The van der Waals surface area contributed by atoms with Gasteiger partial charge in [-0.05, 0) is 31.5 Å². The van der Waals surface area contributed by atoms with Gasteiger partial charge in [0.25, 0.3) is 5.91 Å². The van der Waals surface area contributed by atoms with Gasteiger partial charge in [-0.1, -0.05) is 19.8 Å². The van der Waals surface area contributed by atoms with Crippen LogP contribution in [0.1, 0.15) is 49.9 Å². The minimum absolute atomic E-state index is 0.103. The van der Waals surface area contributed by atoms with E-state index < -0.39 is 0 Å². The van der Waals surface area contributed by atoms with E-state index in [1.165, 1.54) is 0 Å². The predicted molar refractivity (Wildman–Crippen MR) is 89.2 cm³/mol. The summed E-state index contributed by atoms with van der Waals surface area (Å²) in [5, 5.41) is 0. The molecule has 2 rings (SSSR count). The minimum atomic E-state index is -0.281. The number of hydrogen-bond acceptors (Lipinski definition) is 5. The summed E-state index contributed by atoms with van der Waals surface area (Å²) in [6, 6.07) is 5.17. The molecular weight excluding hydrogens is 310 g/mol. The number of nitrogens with zero attached hydrogens (tertiary/aromatic N) is 1. The highest BCUT2D eigenvalue weighted by atomic mass is 16.7. The van der Waals surface area contributed by atoms with Gasteiger partial charge in [-0.25, -0.2) is 0 Å².